The predicted molar refractivity (Wildman–Crippen MR) is 88.0 cm³/mol. The average Bonchev–Trinajstić information content (AvgIpc) is 2.38. The molecule has 0 saturated heterocycles. The van der Waals surface area contributed by atoms with Gasteiger partial charge in [0, 0.05) is 16.5 Å². The second kappa shape index (κ2) is 5.01. The van der Waals surface area contributed by atoms with E-state index in [0.717, 1.165) is 0 Å². The van der Waals surface area contributed by atoms with Gasteiger partial charge in [-0.25, -0.2) is 0 Å². The van der Waals surface area contributed by atoms with Crippen LogP contribution in [-0.2, 0) is 5.41 Å². The summed E-state index contributed by atoms with van der Waals surface area (Å²) in [6.45, 7) is 15.7. The van der Waals surface area contributed by atoms with Gasteiger partial charge in [-0.15, -0.1) is 0 Å². The molecule has 0 N–H and O–H groups in total. The molecule has 2 aromatic rings. The van der Waals surface area contributed by atoms with Gasteiger partial charge in [0.2, 0.25) is 0 Å². The van der Waals surface area contributed by atoms with Crippen molar-refractivity contribution in [3.8, 4) is 0 Å². The maximum atomic E-state index is 4.64. The lowest BCUT2D eigenvalue weighted by Gasteiger charge is -2.37. The minimum absolute atomic E-state index is 0.0392. The number of hydrogen-bond donors (Lipinski definition) is 0. The summed E-state index contributed by atoms with van der Waals surface area (Å²) in [4.78, 5) is 0. The molecular weight excluding hydrogens is 240 g/mol. The van der Waals surface area contributed by atoms with Gasteiger partial charge in [0.25, 0.3) is 0 Å². The Hall–Kier alpha value is -1.69. The molecule has 20 heavy (non-hydrogen) atoms. The lowest BCUT2D eigenvalue weighted by atomic mass is 9.60. The average molecular weight is 265 g/mol. The van der Waals surface area contributed by atoms with Gasteiger partial charge in [-0.05, 0) is 13.8 Å². The van der Waals surface area contributed by atoms with E-state index in [0.29, 0.717) is 0 Å². The molecule has 104 valence electrons. The Balaban J connectivity index is 2.62. The summed E-state index contributed by atoms with van der Waals surface area (Å²) in [7, 11) is 0. The van der Waals surface area contributed by atoms with Crippen LogP contribution < -0.4 is 0 Å². The van der Waals surface area contributed by atoms with Crippen LogP contribution in [0.1, 0.15) is 43.0 Å². The van der Waals surface area contributed by atoms with E-state index in [1.54, 1.807) is 0 Å². The molecule has 0 aromatic heterocycles. The van der Waals surface area contributed by atoms with Crippen molar-refractivity contribution in [2.45, 2.75) is 40.0 Å². The van der Waals surface area contributed by atoms with Crippen LogP contribution in [0.25, 0.3) is 0 Å². The van der Waals surface area contributed by atoms with E-state index in [4.69, 9.17) is 0 Å². The molecule has 0 unspecified atom stereocenters. The molecule has 2 rings (SSSR count). The van der Waals surface area contributed by atoms with E-state index in [1.807, 2.05) is 0 Å². The minimum atomic E-state index is -0.242. The fourth-order valence-electron chi connectivity index (χ4n) is 2.71. The lowest BCUT2D eigenvalue weighted by molar-refractivity contribution is 0.278. The van der Waals surface area contributed by atoms with Crippen LogP contribution in [0.4, 0.5) is 0 Å². The predicted octanol–water partition coefficient (Wildman–Crippen LogP) is 5.47. The van der Waals surface area contributed by atoms with E-state index >= 15 is 0 Å². The highest BCUT2D eigenvalue weighted by molar-refractivity contribution is 5.44. The lowest BCUT2D eigenvalue weighted by Crippen LogP contribution is -2.38. The summed E-state index contributed by atoms with van der Waals surface area (Å²) in [6.07, 6.45) is 0. The number of aryl methyl sites for hydroxylation is 2. The monoisotopic (exact) mass is 265 g/mol. The van der Waals surface area contributed by atoms with Gasteiger partial charge in [-0.2, -0.15) is 0 Å². The summed E-state index contributed by atoms with van der Waals surface area (Å²) in [6, 6.07) is 17.6. The van der Waals surface area contributed by atoms with Gasteiger partial charge in [0.05, 0.1) is 6.92 Å². The van der Waals surface area contributed by atoms with Crippen molar-refractivity contribution in [1.82, 2.24) is 0 Å². The van der Waals surface area contributed by atoms with E-state index in [9.17, 15) is 0 Å². The zero-order valence-corrected chi connectivity index (χ0v) is 13.3. The van der Waals surface area contributed by atoms with Crippen LogP contribution >= 0.6 is 0 Å². The highest BCUT2D eigenvalue weighted by Crippen LogP contribution is 2.46. The third-order valence-corrected chi connectivity index (χ3v) is 4.37. The molecule has 0 atom stereocenters. The van der Waals surface area contributed by atoms with Crippen molar-refractivity contribution in [2.75, 3.05) is 0 Å². The van der Waals surface area contributed by atoms with Crippen molar-refractivity contribution >= 4 is 0 Å². The first-order valence-electron chi connectivity index (χ1n) is 7.25. The van der Waals surface area contributed by atoms with Crippen molar-refractivity contribution in [3.05, 3.63) is 77.7 Å². The number of hydrogen-bond acceptors (Lipinski definition) is 0. The van der Waals surface area contributed by atoms with Crippen LogP contribution in [0.15, 0.2) is 48.5 Å². The summed E-state index contributed by atoms with van der Waals surface area (Å²) in [5.74, 6) is 0. The molecule has 0 nitrogen and oxygen atoms in total. The Labute approximate surface area is 123 Å². The van der Waals surface area contributed by atoms with E-state index in [2.05, 4.69) is 90.1 Å². The Morgan fingerprint density at radius 3 is 1.20 bits per heavy atom. The zero-order chi connectivity index (χ0) is 15.0. The summed E-state index contributed by atoms with van der Waals surface area (Å²) < 4.78 is 0. The van der Waals surface area contributed by atoms with Gasteiger partial charge < -0.3 is 0 Å². The van der Waals surface area contributed by atoms with Gasteiger partial charge in [0.1, 0.15) is 0 Å². The van der Waals surface area contributed by atoms with Crippen LogP contribution in [0, 0.1) is 26.2 Å². The quantitative estimate of drug-likeness (QED) is 0.632. The smallest absolute Gasteiger partial charge is 0.0589 e. The van der Waals surface area contributed by atoms with Gasteiger partial charge in [0.15, 0.2) is 5.41 Å². The van der Waals surface area contributed by atoms with Crippen LogP contribution in [0.2, 0.25) is 0 Å². The molecule has 2 aromatic carbocycles. The molecule has 0 radical (unpaired) electrons. The molecule has 0 aliphatic heterocycles. The highest BCUT2D eigenvalue weighted by atomic mass is 14.4. The Morgan fingerprint density at radius 2 is 0.950 bits per heavy atom. The third-order valence-electron chi connectivity index (χ3n) is 4.37. The standard InChI is InChI=1S/C20H25/c1-15-7-11-17(12-8-15)20(6,19(3,4)5)18-13-9-16(2)10-14-18/h7-14H,6H2,1-5H3/q+1. The van der Waals surface area contributed by atoms with Gasteiger partial charge in [-0.3, -0.25) is 0 Å². The molecule has 0 aliphatic rings. The molecule has 0 saturated carbocycles. The van der Waals surface area contributed by atoms with Crippen molar-refractivity contribution < 1.29 is 0 Å². The molecular formula is C20H25+. The first-order chi connectivity index (χ1) is 9.25. The largest absolute Gasteiger partial charge is 0.160 e. The molecule has 0 heterocycles. The van der Waals surface area contributed by atoms with E-state index < -0.39 is 0 Å². The minimum Gasteiger partial charge on any atom is -0.0589 e. The molecule has 0 aliphatic carbocycles. The highest BCUT2D eigenvalue weighted by Gasteiger charge is 2.47. The molecule has 0 fully saturated rings. The second-order valence-corrected chi connectivity index (χ2v) is 6.89. The molecule has 0 bridgehead atoms. The van der Waals surface area contributed by atoms with Crippen LogP contribution in [0.3, 0.4) is 0 Å². The van der Waals surface area contributed by atoms with Crippen molar-refractivity contribution in [1.29, 1.82) is 0 Å². The maximum absolute atomic E-state index is 4.64. The Kier molecular flexibility index (Phi) is 3.69. The number of benzene rings is 2. The fourth-order valence-corrected chi connectivity index (χ4v) is 2.71. The summed E-state index contributed by atoms with van der Waals surface area (Å²) in [5, 5.41) is 0. The Bertz CT molecular complexity index is 519. The fraction of sp³-hybridized carbons (Fsp3) is 0.350. The molecule has 0 heteroatoms. The third kappa shape index (κ3) is 2.47. The molecule has 0 amide bonds. The number of rotatable bonds is 2. The SMILES string of the molecule is [CH2+]C(c1ccc(C)cc1)(c1ccc(C)cc1)C(C)(C)C. The van der Waals surface area contributed by atoms with E-state index in [1.165, 1.54) is 22.3 Å². The topological polar surface area (TPSA) is 0 Å². The van der Waals surface area contributed by atoms with Gasteiger partial charge >= 0.3 is 0 Å². The first kappa shape index (κ1) is 14.7. The zero-order valence-electron chi connectivity index (χ0n) is 13.3. The van der Waals surface area contributed by atoms with Gasteiger partial charge in [-0.1, -0.05) is 80.4 Å². The normalized spacial score (nSPS) is 12.4. The maximum Gasteiger partial charge on any atom is 0.160 e. The van der Waals surface area contributed by atoms with E-state index in [-0.39, 0.29) is 10.8 Å². The second-order valence-electron chi connectivity index (χ2n) is 6.89. The summed E-state index contributed by atoms with van der Waals surface area (Å²) >= 11 is 0. The Morgan fingerprint density at radius 1 is 0.650 bits per heavy atom. The molecule has 0 spiro atoms. The first-order valence-corrected chi connectivity index (χ1v) is 7.25. The van der Waals surface area contributed by atoms with Crippen LogP contribution in [-0.4, -0.2) is 0 Å². The van der Waals surface area contributed by atoms with Crippen molar-refractivity contribution in [2.24, 2.45) is 5.41 Å². The van der Waals surface area contributed by atoms with Crippen LogP contribution in [0.5, 0.6) is 0 Å². The summed E-state index contributed by atoms with van der Waals surface area (Å²) in [5.41, 5.74) is 4.92. The van der Waals surface area contributed by atoms with Crippen molar-refractivity contribution in [3.63, 3.8) is 0 Å².